The zero-order valence-electron chi connectivity index (χ0n) is 9.07. The van der Waals surface area contributed by atoms with E-state index in [9.17, 15) is 0 Å². The van der Waals surface area contributed by atoms with Crippen LogP contribution < -0.4 is 0 Å². The van der Waals surface area contributed by atoms with Gasteiger partial charge in [0.1, 0.15) is 0 Å². The number of rotatable bonds is 2. The molecule has 0 saturated heterocycles. The van der Waals surface area contributed by atoms with E-state index in [1.165, 1.54) is 11.1 Å². The predicted octanol–water partition coefficient (Wildman–Crippen LogP) is 4.64. The molecular weight excluding hydrogens is 182 g/mol. The van der Waals surface area contributed by atoms with Crippen molar-refractivity contribution < 1.29 is 0 Å². The lowest BCUT2D eigenvalue weighted by atomic mass is 10.2. The molecule has 0 amide bonds. The number of benzene rings is 2. The molecule has 0 unspecified atom stereocenters. The summed E-state index contributed by atoms with van der Waals surface area (Å²) in [5.41, 5.74) is 4.53. The number of hydrogen-bond acceptors (Lipinski definition) is 0. The normalized spacial score (nSPS) is 10.0. The van der Waals surface area contributed by atoms with Gasteiger partial charge in [0.2, 0.25) is 0 Å². The van der Waals surface area contributed by atoms with Gasteiger partial charge in [0, 0.05) is 0 Å². The molecule has 0 saturated carbocycles. The fourth-order valence-corrected chi connectivity index (χ4v) is 1.39. The number of hydrogen-bond donors (Lipinski definition) is 0. The van der Waals surface area contributed by atoms with Crippen molar-refractivity contribution in [1.82, 2.24) is 0 Å². The summed E-state index contributed by atoms with van der Waals surface area (Å²) in [6.07, 6.45) is 0. The van der Waals surface area contributed by atoms with Crippen LogP contribution in [0.2, 0.25) is 0 Å². The molecule has 76 valence electrons. The molecule has 1 heteroatoms. The molecule has 0 atom stereocenters. The van der Waals surface area contributed by atoms with Gasteiger partial charge in [-0.3, -0.25) is 0 Å². The van der Waals surface area contributed by atoms with Gasteiger partial charge in [-0.1, -0.05) is 59.7 Å². The largest absolute Gasteiger partial charge is 0.658 e. The summed E-state index contributed by atoms with van der Waals surface area (Å²) in [6.45, 7) is 4.16. The van der Waals surface area contributed by atoms with Gasteiger partial charge in [-0.15, -0.1) is 11.4 Å². The lowest BCUT2D eigenvalue weighted by molar-refractivity contribution is 1.46. The second-order valence-electron chi connectivity index (χ2n) is 3.78. The van der Waals surface area contributed by atoms with E-state index in [4.69, 9.17) is 0 Å². The minimum Gasteiger partial charge on any atom is -0.658 e. The Balaban J connectivity index is 2.15. The second-order valence-corrected chi connectivity index (χ2v) is 3.78. The maximum absolute atomic E-state index is 4.52. The first-order valence-electron chi connectivity index (χ1n) is 5.09. The van der Waals surface area contributed by atoms with Gasteiger partial charge < -0.3 is 5.32 Å². The van der Waals surface area contributed by atoms with E-state index in [2.05, 4.69) is 43.4 Å². The second kappa shape index (κ2) is 4.18. The SMILES string of the molecule is Cc1ccc([N-]c2ccc(C)cc2)cc1. The van der Waals surface area contributed by atoms with Crippen molar-refractivity contribution in [2.24, 2.45) is 0 Å². The summed E-state index contributed by atoms with van der Waals surface area (Å²) in [7, 11) is 0. The molecule has 0 aliphatic rings. The van der Waals surface area contributed by atoms with Crippen molar-refractivity contribution in [2.75, 3.05) is 0 Å². The van der Waals surface area contributed by atoms with E-state index in [1.54, 1.807) is 0 Å². The van der Waals surface area contributed by atoms with Crippen LogP contribution in [0, 0.1) is 13.8 Å². The van der Waals surface area contributed by atoms with Crippen LogP contribution >= 0.6 is 0 Å². The zero-order chi connectivity index (χ0) is 10.7. The van der Waals surface area contributed by atoms with Crippen molar-refractivity contribution in [3.05, 3.63) is 65.0 Å². The molecule has 1 nitrogen and oxygen atoms in total. The molecule has 2 aromatic rings. The molecular formula is C14H14N-. The fraction of sp³-hybridized carbons (Fsp3) is 0.143. The third-order valence-corrected chi connectivity index (χ3v) is 2.33. The Labute approximate surface area is 90.8 Å². The first kappa shape index (κ1) is 9.78. The first-order chi connectivity index (χ1) is 7.24. The summed E-state index contributed by atoms with van der Waals surface area (Å²) in [4.78, 5) is 0. The van der Waals surface area contributed by atoms with Crippen LogP contribution in [0.5, 0.6) is 0 Å². The summed E-state index contributed by atoms with van der Waals surface area (Å²) in [5.74, 6) is 0. The average Bonchev–Trinajstić information content (AvgIpc) is 2.25. The van der Waals surface area contributed by atoms with Crippen LogP contribution in [-0.4, -0.2) is 0 Å². The van der Waals surface area contributed by atoms with Gasteiger partial charge in [-0.25, -0.2) is 0 Å². The summed E-state index contributed by atoms with van der Waals surface area (Å²) in [5, 5.41) is 4.52. The maximum atomic E-state index is 4.52. The molecule has 0 aromatic heterocycles. The Morgan fingerprint density at radius 1 is 0.600 bits per heavy atom. The number of aryl methyl sites for hydroxylation is 2. The van der Waals surface area contributed by atoms with E-state index >= 15 is 0 Å². The van der Waals surface area contributed by atoms with E-state index in [1.807, 2.05) is 24.3 Å². The van der Waals surface area contributed by atoms with E-state index in [0.29, 0.717) is 0 Å². The monoisotopic (exact) mass is 196 g/mol. The van der Waals surface area contributed by atoms with E-state index in [-0.39, 0.29) is 0 Å². The first-order valence-corrected chi connectivity index (χ1v) is 5.09. The molecule has 15 heavy (non-hydrogen) atoms. The third kappa shape index (κ3) is 2.59. The quantitative estimate of drug-likeness (QED) is 0.664. The van der Waals surface area contributed by atoms with Crippen LogP contribution in [0.1, 0.15) is 11.1 Å². The lowest BCUT2D eigenvalue weighted by Gasteiger charge is -2.22. The molecule has 0 heterocycles. The van der Waals surface area contributed by atoms with Crippen molar-refractivity contribution in [3.63, 3.8) is 0 Å². The maximum Gasteiger partial charge on any atom is -0.0398 e. The van der Waals surface area contributed by atoms with Crippen molar-refractivity contribution in [1.29, 1.82) is 0 Å². The Kier molecular flexibility index (Phi) is 2.72. The predicted molar refractivity (Wildman–Crippen MR) is 65.0 cm³/mol. The molecule has 2 aromatic carbocycles. The summed E-state index contributed by atoms with van der Waals surface area (Å²) >= 11 is 0. The van der Waals surface area contributed by atoms with Crippen LogP contribution in [0.15, 0.2) is 48.5 Å². The van der Waals surface area contributed by atoms with E-state index in [0.717, 1.165) is 11.4 Å². The Hall–Kier alpha value is -1.76. The highest BCUT2D eigenvalue weighted by Gasteiger charge is 1.84. The minimum atomic E-state index is 1.00. The standard InChI is InChI=1S/C14H14N/c1-11-3-7-13(8-4-11)15-14-9-5-12(2)6-10-14/h3-10H,1-2H3/q-1. The third-order valence-electron chi connectivity index (χ3n) is 2.33. The van der Waals surface area contributed by atoms with Crippen molar-refractivity contribution >= 4 is 11.4 Å². The average molecular weight is 196 g/mol. The molecule has 0 radical (unpaired) electrons. The molecule has 0 spiro atoms. The van der Waals surface area contributed by atoms with Crippen molar-refractivity contribution in [3.8, 4) is 0 Å². The van der Waals surface area contributed by atoms with Crippen LogP contribution in [0.3, 0.4) is 0 Å². The topological polar surface area (TPSA) is 14.1 Å². The molecule has 0 aliphatic carbocycles. The zero-order valence-corrected chi connectivity index (χ0v) is 9.07. The highest BCUT2D eigenvalue weighted by atomic mass is 14.9. The van der Waals surface area contributed by atoms with Gasteiger partial charge in [0.05, 0.1) is 0 Å². The van der Waals surface area contributed by atoms with Crippen molar-refractivity contribution in [2.45, 2.75) is 13.8 Å². The van der Waals surface area contributed by atoms with Gasteiger partial charge in [-0.2, -0.15) is 0 Å². The van der Waals surface area contributed by atoms with Gasteiger partial charge in [-0.05, 0) is 13.8 Å². The Morgan fingerprint density at radius 3 is 1.27 bits per heavy atom. The summed E-state index contributed by atoms with van der Waals surface area (Å²) < 4.78 is 0. The fourth-order valence-electron chi connectivity index (χ4n) is 1.39. The van der Waals surface area contributed by atoms with Gasteiger partial charge in [0.25, 0.3) is 0 Å². The van der Waals surface area contributed by atoms with Gasteiger partial charge in [0.15, 0.2) is 0 Å². The minimum absolute atomic E-state index is 1.00. The lowest BCUT2D eigenvalue weighted by Crippen LogP contribution is -1.73. The molecule has 2 rings (SSSR count). The van der Waals surface area contributed by atoms with E-state index < -0.39 is 0 Å². The smallest absolute Gasteiger partial charge is 0.0398 e. The molecule has 0 N–H and O–H groups in total. The Bertz CT molecular complexity index is 382. The van der Waals surface area contributed by atoms with Crippen LogP contribution in [0.4, 0.5) is 11.4 Å². The molecule has 0 fully saturated rings. The summed E-state index contributed by atoms with van der Waals surface area (Å²) in [6, 6.07) is 16.5. The highest BCUT2D eigenvalue weighted by Crippen LogP contribution is 2.29. The van der Waals surface area contributed by atoms with Crippen LogP contribution in [-0.2, 0) is 0 Å². The molecule has 0 aliphatic heterocycles. The van der Waals surface area contributed by atoms with Gasteiger partial charge >= 0.3 is 0 Å². The highest BCUT2D eigenvalue weighted by molar-refractivity contribution is 5.66. The Morgan fingerprint density at radius 2 is 0.933 bits per heavy atom. The van der Waals surface area contributed by atoms with Crippen LogP contribution in [0.25, 0.3) is 5.32 Å². The molecule has 0 bridgehead atoms. The number of nitrogens with zero attached hydrogens (tertiary/aromatic N) is 1.